The molecule has 6 rings (SSSR count). The van der Waals surface area contributed by atoms with E-state index in [1.165, 1.54) is 0 Å². The molecule has 2 amide bonds. The van der Waals surface area contributed by atoms with Gasteiger partial charge >= 0.3 is 6.09 Å². The highest BCUT2D eigenvalue weighted by Gasteiger charge is 2.50. The summed E-state index contributed by atoms with van der Waals surface area (Å²) < 4.78 is 16.9. The van der Waals surface area contributed by atoms with Gasteiger partial charge in [-0.15, -0.1) is 0 Å². The lowest BCUT2D eigenvalue weighted by Crippen LogP contribution is -2.45. The summed E-state index contributed by atoms with van der Waals surface area (Å²) in [7, 11) is 0. The minimum absolute atomic E-state index is 0.0215. The molecule has 10 nitrogen and oxygen atoms in total. The highest BCUT2D eigenvalue weighted by molar-refractivity contribution is 5.97. The number of nitrogens with one attached hydrogen (secondary N) is 1. The molecule has 3 aromatic rings. The van der Waals surface area contributed by atoms with E-state index < -0.39 is 17.3 Å². The average molecular weight is 519 g/mol. The van der Waals surface area contributed by atoms with Gasteiger partial charge in [-0.1, -0.05) is 0 Å². The summed E-state index contributed by atoms with van der Waals surface area (Å²) in [5.74, 6) is 0.908. The largest absolute Gasteiger partial charge is 0.482 e. The summed E-state index contributed by atoms with van der Waals surface area (Å²) in [6.45, 7) is 2.83. The summed E-state index contributed by atoms with van der Waals surface area (Å²) in [4.78, 5) is 35.2. The van der Waals surface area contributed by atoms with Gasteiger partial charge in [-0.2, -0.15) is 0 Å². The number of benzene rings is 1. The maximum absolute atomic E-state index is 12.9. The SMILES string of the molecule is CCOc1ccc2nccc(CCC3(O)CCC4(CC3)CN(c3ccc5c(c3)NC(=O)CO5)C(=O)O4)c2n1. The van der Waals surface area contributed by atoms with Crippen molar-refractivity contribution in [2.24, 2.45) is 0 Å². The normalized spacial score (nSPS) is 24.6. The van der Waals surface area contributed by atoms with Crippen LogP contribution in [0.1, 0.15) is 44.6 Å². The molecule has 10 heteroatoms. The van der Waals surface area contributed by atoms with Gasteiger partial charge in [-0.05, 0) is 81.3 Å². The van der Waals surface area contributed by atoms with E-state index in [0.717, 1.165) is 16.6 Å². The number of amides is 2. The maximum Gasteiger partial charge on any atom is 0.415 e. The first kappa shape index (κ1) is 24.4. The Labute approximate surface area is 219 Å². The molecule has 2 N–H and O–H groups in total. The van der Waals surface area contributed by atoms with Crippen LogP contribution in [0.4, 0.5) is 16.2 Å². The van der Waals surface area contributed by atoms with Crippen LogP contribution in [-0.4, -0.2) is 58.0 Å². The number of aliphatic hydroxyl groups is 1. The van der Waals surface area contributed by atoms with Gasteiger partial charge in [0.15, 0.2) is 6.61 Å². The molecule has 0 atom stereocenters. The molecular weight excluding hydrogens is 488 g/mol. The lowest BCUT2D eigenvalue weighted by Gasteiger charge is -2.40. The van der Waals surface area contributed by atoms with E-state index in [9.17, 15) is 14.7 Å². The van der Waals surface area contributed by atoms with Crippen LogP contribution < -0.4 is 19.7 Å². The molecule has 4 heterocycles. The number of rotatable bonds is 6. The molecule has 1 aromatic carbocycles. The summed E-state index contributed by atoms with van der Waals surface area (Å²) in [5, 5.41) is 14.2. The number of ether oxygens (including phenoxy) is 3. The van der Waals surface area contributed by atoms with Crippen LogP contribution in [0.15, 0.2) is 42.6 Å². The molecule has 38 heavy (non-hydrogen) atoms. The van der Waals surface area contributed by atoms with Gasteiger partial charge in [0.05, 0.1) is 35.5 Å². The van der Waals surface area contributed by atoms with Crippen molar-refractivity contribution in [3.63, 3.8) is 0 Å². The molecule has 0 bridgehead atoms. The number of hydrogen-bond acceptors (Lipinski definition) is 8. The molecule has 2 aliphatic heterocycles. The zero-order chi connectivity index (χ0) is 26.3. The second kappa shape index (κ2) is 9.43. The fourth-order valence-electron chi connectivity index (χ4n) is 5.60. The van der Waals surface area contributed by atoms with E-state index >= 15 is 0 Å². The van der Waals surface area contributed by atoms with Crippen LogP contribution in [0.3, 0.4) is 0 Å². The molecule has 1 saturated carbocycles. The van der Waals surface area contributed by atoms with Crippen LogP contribution in [0.25, 0.3) is 11.0 Å². The third kappa shape index (κ3) is 4.60. The fourth-order valence-corrected chi connectivity index (χ4v) is 5.60. The van der Waals surface area contributed by atoms with E-state index in [2.05, 4.69) is 15.3 Å². The summed E-state index contributed by atoms with van der Waals surface area (Å²) >= 11 is 0. The second-order valence-electron chi connectivity index (χ2n) is 10.3. The third-order valence-electron chi connectivity index (χ3n) is 7.76. The number of anilines is 2. The molecule has 2 aromatic heterocycles. The van der Waals surface area contributed by atoms with Gasteiger partial charge in [0.25, 0.3) is 5.91 Å². The molecule has 3 aliphatic rings. The average Bonchev–Trinajstić information content (AvgIpc) is 3.25. The third-order valence-corrected chi connectivity index (χ3v) is 7.76. The Balaban J connectivity index is 1.12. The number of aryl methyl sites for hydroxylation is 1. The molecule has 198 valence electrons. The molecule has 1 spiro atoms. The van der Waals surface area contributed by atoms with Crippen LogP contribution in [0.5, 0.6) is 11.6 Å². The van der Waals surface area contributed by atoms with Gasteiger partial charge in [-0.3, -0.25) is 14.7 Å². The lowest BCUT2D eigenvalue weighted by atomic mass is 9.73. The van der Waals surface area contributed by atoms with Crippen molar-refractivity contribution in [1.82, 2.24) is 9.97 Å². The monoisotopic (exact) mass is 518 g/mol. The Bertz CT molecular complexity index is 1400. The predicted octanol–water partition coefficient (Wildman–Crippen LogP) is 3.99. The number of aromatic nitrogens is 2. The Hall–Kier alpha value is -3.92. The Morgan fingerprint density at radius 2 is 1.97 bits per heavy atom. The molecule has 0 radical (unpaired) electrons. The molecule has 2 fully saturated rings. The zero-order valence-electron chi connectivity index (χ0n) is 21.2. The topological polar surface area (TPSA) is 123 Å². The quantitative estimate of drug-likeness (QED) is 0.502. The summed E-state index contributed by atoms with van der Waals surface area (Å²) in [6, 6.07) is 10.9. The highest BCUT2D eigenvalue weighted by atomic mass is 16.6. The number of hydrogen-bond donors (Lipinski definition) is 2. The lowest BCUT2D eigenvalue weighted by molar-refractivity contribution is -0.118. The van der Waals surface area contributed by atoms with Crippen molar-refractivity contribution < 1.29 is 28.9 Å². The van der Waals surface area contributed by atoms with Crippen molar-refractivity contribution in [1.29, 1.82) is 0 Å². The Kier molecular flexibility index (Phi) is 6.06. The van der Waals surface area contributed by atoms with Gasteiger partial charge in [0, 0.05) is 18.0 Å². The molecular formula is C28H30N4O6. The molecule has 1 saturated heterocycles. The van der Waals surface area contributed by atoms with Crippen LogP contribution >= 0.6 is 0 Å². The van der Waals surface area contributed by atoms with Gasteiger partial charge < -0.3 is 24.6 Å². The maximum atomic E-state index is 12.9. The number of fused-ring (bicyclic) bond motifs is 2. The van der Waals surface area contributed by atoms with E-state index in [-0.39, 0.29) is 12.5 Å². The van der Waals surface area contributed by atoms with Crippen molar-refractivity contribution in [2.75, 3.05) is 30.0 Å². The molecule has 0 unspecified atom stereocenters. The van der Waals surface area contributed by atoms with E-state index in [1.807, 2.05) is 25.1 Å². The number of nitrogens with zero attached hydrogens (tertiary/aromatic N) is 3. The van der Waals surface area contributed by atoms with Gasteiger partial charge in [0.2, 0.25) is 5.88 Å². The second-order valence-corrected chi connectivity index (χ2v) is 10.3. The summed E-state index contributed by atoms with van der Waals surface area (Å²) in [6.07, 6.45) is 4.78. The van der Waals surface area contributed by atoms with Gasteiger partial charge in [-0.25, -0.2) is 9.78 Å². The van der Waals surface area contributed by atoms with E-state index in [1.54, 1.807) is 29.3 Å². The van der Waals surface area contributed by atoms with Crippen molar-refractivity contribution in [3.05, 3.63) is 48.2 Å². The minimum Gasteiger partial charge on any atom is -0.482 e. The van der Waals surface area contributed by atoms with Crippen LogP contribution in [0.2, 0.25) is 0 Å². The first-order chi connectivity index (χ1) is 18.4. The number of pyridine rings is 2. The van der Waals surface area contributed by atoms with Crippen LogP contribution in [-0.2, 0) is 16.0 Å². The number of carbonyl (C=O) groups excluding carboxylic acids is 2. The highest BCUT2D eigenvalue weighted by Crippen LogP contribution is 2.44. The minimum atomic E-state index is -0.856. The smallest absolute Gasteiger partial charge is 0.415 e. The fraction of sp³-hybridized carbons (Fsp3) is 0.429. The first-order valence-electron chi connectivity index (χ1n) is 13.0. The number of carbonyl (C=O) groups is 2. The standard InChI is InChI=1S/C28H30N4O6/c1-2-36-24-6-4-20-25(31-24)18(8-14-29-20)7-9-27(35)10-12-28(13-11-27)17-32(26(34)38-28)19-3-5-22-21(15-19)30-23(33)16-37-22/h3-6,8,14-15,35H,2,7,9-13,16-17H2,1H3,(H,30,33). The Morgan fingerprint density at radius 3 is 2.79 bits per heavy atom. The van der Waals surface area contributed by atoms with Crippen LogP contribution in [0, 0.1) is 0 Å². The van der Waals surface area contributed by atoms with Crippen molar-refractivity contribution >= 4 is 34.4 Å². The van der Waals surface area contributed by atoms with Crippen molar-refractivity contribution in [2.45, 2.75) is 56.7 Å². The summed E-state index contributed by atoms with van der Waals surface area (Å²) in [5.41, 5.74) is 2.29. The van der Waals surface area contributed by atoms with Crippen molar-refractivity contribution in [3.8, 4) is 11.6 Å². The van der Waals surface area contributed by atoms with E-state index in [4.69, 9.17) is 14.2 Å². The molecule has 1 aliphatic carbocycles. The zero-order valence-corrected chi connectivity index (χ0v) is 21.2. The predicted molar refractivity (Wildman–Crippen MR) is 140 cm³/mol. The van der Waals surface area contributed by atoms with E-state index in [0.29, 0.717) is 74.7 Å². The van der Waals surface area contributed by atoms with Gasteiger partial charge in [0.1, 0.15) is 11.4 Å². The first-order valence-corrected chi connectivity index (χ1v) is 13.0. The Morgan fingerprint density at radius 1 is 1.13 bits per heavy atom.